The maximum Gasteiger partial charge on any atom is 0.269 e. The first kappa shape index (κ1) is 19.7. The second kappa shape index (κ2) is 8.76. The molecule has 2 aromatic rings. The van der Waals surface area contributed by atoms with Gasteiger partial charge in [0.05, 0.1) is 10.6 Å². The normalized spacial score (nSPS) is 14.7. The zero-order chi connectivity index (χ0) is 20.1. The summed E-state index contributed by atoms with van der Waals surface area (Å²) in [5.74, 6) is 0.673. The summed E-state index contributed by atoms with van der Waals surface area (Å²) in [6.07, 6.45) is 1.53. The van der Waals surface area contributed by atoms with E-state index in [-0.39, 0.29) is 10.6 Å². The standard InChI is InChI=1S/C20H24N6O2/c1-3-17-18(13-21)20(23-22-19(17)4-2)25-10-8-24(9-11-25)14-15-6-5-7-16(12-15)26(27)28/h5-7,12H,3-4,8-11,14H2,1-2H3. The van der Waals surface area contributed by atoms with Gasteiger partial charge >= 0.3 is 0 Å². The number of nitriles is 1. The molecule has 0 amide bonds. The van der Waals surface area contributed by atoms with Crippen LogP contribution in [0.3, 0.4) is 0 Å². The Morgan fingerprint density at radius 3 is 2.54 bits per heavy atom. The van der Waals surface area contributed by atoms with E-state index in [1.807, 2.05) is 19.9 Å². The number of rotatable bonds is 6. The molecule has 3 rings (SSSR count). The molecule has 8 nitrogen and oxygen atoms in total. The molecule has 2 heterocycles. The van der Waals surface area contributed by atoms with Crippen LogP contribution in [0.1, 0.15) is 36.2 Å². The van der Waals surface area contributed by atoms with Crippen molar-refractivity contribution in [3.8, 4) is 6.07 Å². The lowest BCUT2D eigenvalue weighted by Gasteiger charge is -2.35. The Morgan fingerprint density at radius 2 is 1.93 bits per heavy atom. The van der Waals surface area contributed by atoms with Crippen LogP contribution in [0.4, 0.5) is 11.5 Å². The average molecular weight is 380 g/mol. The molecule has 28 heavy (non-hydrogen) atoms. The summed E-state index contributed by atoms with van der Waals surface area (Å²) in [6.45, 7) is 7.81. The number of anilines is 1. The van der Waals surface area contributed by atoms with Crippen molar-refractivity contribution in [1.82, 2.24) is 15.1 Å². The quantitative estimate of drug-likeness (QED) is 0.561. The van der Waals surface area contributed by atoms with Crippen LogP contribution in [0.2, 0.25) is 0 Å². The van der Waals surface area contributed by atoms with Crippen LogP contribution in [0.25, 0.3) is 0 Å². The summed E-state index contributed by atoms with van der Waals surface area (Å²) in [4.78, 5) is 15.0. The minimum Gasteiger partial charge on any atom is -0.351 e. The first-order valence-corrected chi connectivity index (χ1v) is 9.56. The van der Waals surface area contributed by atoms with Crippen LogP contribution >= 0.6 is 0 Å². The Labute approximate surface area is 164 Å². The Kier molecular flexibility index (Phi) is 6.16. The molecular formula is C20H24N6O2. The monoisotopic (exact) mass is 380 g/mol. The molecule has 1 aliphatic heterocycles. The molecule has 0 atom stereocenters. The number of nitro benzene ring substituents is 1. The maximum atomic E-state index is 10.9. The van der Waals surface area contributed by atoms with Gasteiger partial charge < -0.3 is 4.90 Å². The number of benzene rings is 1. The van der Waals surface area contributed by atoms with Crippen molar-refractivity contribution in [2.45, 2.75) is 33.2 Å². The number of hydrogen-bond donors (Lipinski definition) is 0. The smallest absolute Gasteiger partial charge is 0.269 e. The van der Waals surface area contributed by atoms with E-state index in [0.717, 1.165) is 55.8 Å². The number of piperazine rings is 1. The molecule has 0 radical (unpaired) electrons. The van der Waals surface area contributed by atoms with Crippen molar-refractivity contribution in [1.29, 1.82) is 5.26 Å². The number of nitro groups is 1. The fraction of sp³-hybridized carbons (Fsp3) is 0.450. The van der Waals surface area contributed by atoms with Crippen molar-refractivity contribution in [2.75, 3.05) is 31.1 Å². The minimum absolute atomic E-state index is 0.119. The highest BCUT2D eigenvalue weighted by atomic mass is 16.6. The largest absolute Gasteiger partial charge is 0.351 e. The van der Waals surface area contributed by atoms with Gasteiger partial charge in [-0.05, 0) is 24.0 Å². The first-order valence-electron chi connectivity index (χ1n) is 9.56. The van der Waals surface area contributed by atoms with Gasteiger partial charge in [0.1, 0.15) is 11.6 Å². The summed E-state index contributed by atoms with van der Waals surface area (Å²) < 4.78 is 0. The molecule has 0 spiro atoms. The molecule has 0 N–H and O–H groups in total. The molecule has 0 saturated carbocycles. The summed E-state index contributed by atoms with van der Waals surface area (Å²) in [7, 11) is 0. The van der Waals surface area contributed by atoms with Crippen molar-refractivity contribution in [2.24, 2.45) is 0 Å². The van der Waals surface area contributed by atoms with Crippen molar-refractivity contribution < 1.29 is 4.92 Å². The third-order valence-corrected chi connectivity index (χ3v) is 5.14. The Morgan fingerprint density at radius 1 is 1.18 bits per heavy atom. The van der Waals surface area contributed by atoms with E-state index in [1.54, 1.807) is 12.1 Å². The van der Waals surface area contributed by atoms with Crippen molar-refractivity contribution in [3.05, 3.63) is 56.8 Å². The van der Waals surface area contributed by atoms with Crippen LogP contribution < -0.4 is 4.90 Å². The van der Waals surface area contributed by atoms with E-state index < -0.39 is 0 Å². The molecule has 8 heteroatoms. The summed E-state index contributed by atoms with van der Waals surface area (Å²) in [5, 5.41) is 29.3. The minimum atomic E-state index is -0.366. The summed E-state index contributed by atoms with van der Waals surface area (Å²) in [5.41, 5.74) is 3.58. The van der Waals surface area contributed by atoms with Crippen molar-refractivity contribution >= 4 is 11.5 Å². The Balaban J connectivity index is 1.70. The second-order valence-corrected chi connectivity index (χ2v) is 6.83. The highest BCUT2D eigenvalue weighted by Gasteiger charge is 2.23. The first-order chi connectivity index (χ1) is 13.6. The van der Waals surface area contributed by atoms with E-state index in [2.05, 4.69) is 26.1 Å². The van der Waals surface area contributed by atoms with Crippen LogP contribution in [0.5, 0.6) is 0 Å². The fourth-order valence-electron chi connectivity index (χ4n) is 3.65. The third kappa shape index (κ3) is 4.10. The van der Waals surface area contributed by atoms with Gasteiger partial charge in [0, 0.05) is 44.9 Å². The highest BCUT2D eigenvalue weighted by Crippen LogP contribution is 2.24. The van der Waals surface area contributed by atoms with Gasteiger partial charge in [0.25, 0.3) is 5.69 Å². The lowest BCUT2D eigenvalue weighted by Crippen LogP contribution is -2.46. The Hall–Kier alpha value is -3.05. The summed E-state index contributed by atoms with van der Waals surface area (Å²) in [6, 6.07) is 9.10. The average Bonchev–Trinajstić information content (AvgIpc) is 2.73. The lowest BCUT2D eigenvalue weighted by molar-refractivity contribution is -0.384. The van der Waals surface area contributed by atoms with Gasteiger partial charge in [-0.15, -0.1) is 5.10 Å². The van der Waals surface area contributed by atoms with Crippen LogP contribution in [0.15, 0.2) is 24.3 Å². The van der Waals surface area contributed by atoms with Crippen LogP contribution in [-0.2, 0) is 19.4 Å². The zero-order valence-corrected chi connectivity index (χ0v) is 16.3. The molecule has 1 aliphatic rings. The van der Waals surface area contributed by atoms with Gasteiger partial charge in [0.15, 0.2) is 5.82 Å². The van der Waals surface area contributed by atoms with E-state index in [9.17, 15) is 15.4 Å². The molecule has 1 aromatic carbocycles. The van der Waals surface area contributed by atoms with Crippen molar-refractivity contribution in [3.63, 3.8) is 0 Å². The lowest BCUT2D eigenvalue weighted by atomic mass is 10.0. The SMILES string of the molecule is CCc1nnc(N2CCN(Cc3cccc([N+](=O)[O-])c3)CC2)c(C#N)c1CC. The molecule has 0 unspecified atom stereocenters. The Bertz CT molecular complexity index is 900. The third-order valence-electron chi connectivity index (χ3n) is 5.14. The van der Waals surface area contributed by atoms with Crippen LogP contribution in [-0.4, -0.2) is 46.2 Å². The maximum absolute atomic E-state index is 10.9. The summed E-state index contributed by atoms with van der Waals surface area (Å²) >= 11 is 0. The second-order valence-electron chi connectivity index (χ2n) is 6.83. The molecule has 0 bridgehead atoms. The van der Waals surface area contributed by atoms with Gasteiger partial charge in [0.2, 0.25) is 0 Å². The number of hydrogen-bond acceptors (Lipinski definition) is 7. The molecule has 1 fully saturated rings. The number of nitrogens with zero attached hydrogens (tertiary/aromatic N) is 6. The molecule has 0 aliphatic carbocycles. The zero-order valence-electron chi connectivity index (χ0n) is 16.3. The van der Waals surface area contributed by atoms with Gasteiger partial charge in [-0.1, -0.05) is 26.0 Å². The predicted octanol–water partition coefficient (Wildman–Crippen LogP) is 2.70. The molecule has 146 valence electrons. The van der Waals surface area contributed by atoms with E-state index in [4.69, 9.17) is 0 Å². The van der Waals surface area contributed by atoms with E-state index in [0.29, 0.717) is 17.9 Å². The molecular weight excluding hydrogens is 356 g/mol. The molecule has 1 saturated heterocycles. The highest BCUT2D eigenvalue weighted by molar-refractivity contribution is 5.58. The van der Waals surface area contributed by atoms with Crippen LogP contribution in [0, 0.1) is 21.4 Å². The topological polar surface area (TPSA) is 99.2 Å². The van der Waals surface area contributed by atoms with Gasteiger partial charge in [-0.25, -0.2) is 0 Å². The van der Waals surface area contributed by atoms with Gasteiger partial charge in [-0.3, -0.25) is 15.0 Å². The van der Waals surface area contributed by atoms with E-state index in [1.165, 1.54) is 6.07 Å². The predicted molar refractivity (Wildman–Crippen MR) is 106 cm³/mol. The number of aromatic nitrogens is 2. The fourth-order valence-corrected chi connectivity index (χ4v) is 3.65. The molecule has 1 aromatic heterocycles. The number of non-ortho nitro benzene ring substituents is 1. The van der Waals surface area contributed by atoms with E-state index >= 15 is 0 Å². The van der Waals surface area contributed by atoms with Gasteiger partial charge in [-0.2, -0.15) is 10.4 Å². The number of aryl methyl sites for hydroxylation is 1.